The quantitative estimate of drug-likeness (QED) is 0.618. The van der Waals surface area contributed by atoms with Crippen molar-refractivity contribution in [1.82, 2.24) is 25.4 Å². The largest absolute Gasteiger partial charge is 0.357 e. The predicted octanol–water partition coefficient (Wildman–Crippen LogP) is 2.96. The maximum atomic E-state index is 4.79. The van der Waals surface area contributed by atoms with Crippen LogP contribution in [0.2, 0.25) is 0 Å². The van der Waals surface area contributed by atoms with E-state index in [1.807, 2.05) is 4.68 Å². The van der Waals surface area contributed by atoms with Crippen molar-refractivity contribution < 1.29 is 0 Å². The van der Waals surface area contributed by atoms with Gasteiger partial charge in [0.1, 0.15) is 12.7 Å². The van der Waals surface area contributed by atoms with Crippen molar-refractivity contribution in [3.8, 4) is 0 Å². The highest BCUT2D eigenvalue weighted by Crippen LogP contribution is 2.23. The van der Waals surface area contributed by atoms with Crippen molar-refractivity contribution in [2.45, 2.75) is 58.7 Å². The van der Waals surface area contributed by atoms with Gasteiger partial charge in [-0.15, -0.1) is 0 Å². The maximum Gasteiger partial charge on any atom is 0.191 e. The maximum absolute atomic E-state index is 4.79. The number of aromatic nitrogens is 3. The van der Waals surface area contributed by atoms with Crippen molar-refractivity contribution in [3.05, 3.63) is 48.0 Å². The van der Waals surface area contributed by atoms with Gasteiger partial charge in [-0.1, -0.05) is 31.2 Å². The molecule has 1 aromatic heterocycles. The zero-order valence-electron chi connectivity index (χ0n) is 15.9. The Kier molecular flexibility index (Phi) is 6.63. The highest BCUT2D eigenvalue weighted by atomic mass is 15.3. The number of aliphatic imine (C=N–C) groups is 1. The van der Waals surface area contributed by atoms with Crippen LogP contribution < -0.4 is 10.6 Å². The van der Waals surface area contributed by atoms with E-state index in [-0.39, 0.29) is 0 Å². The Labute approximate surface area is 156 Å². The van der Waals surface area contributed by atoms with Gasteiger partial charge in [-0.05, 0) is 49.7 Å². The van der Waals surface area contributed by atoms with Gasteiger partial charge in [0.25, 0.3) is 0 Å². The Balaban J connectivity index is 1.59. The van der Waals surface area contributed by atoms with Crippen LogP contribution >= 0.6 is 0 Å². The summed E-state index contributed by atoms with van der Waals surface area (Å²) in [5, 5.41) is 11.2. The first kappa shape index (κ1) is 18.4. The molecule has 1 heterocycles. The number of nitrogens with one attached hydrogen (secondary N) is 2. The summed E-state index contributed by atoms with van der Waals surface area (Å²) < 4.78 is 1.83. The van der Waals surface area contributed by atoms with E-state index in [0.717, 1.165) is 25.0 Å². The number of rotatable bonds is 6. The summed E-state index contributed by atoms with van der Waals surface area (Å²) in [6.07, 6.45) is 8.39. The minimum Gasteiger partial charge on any atom is -0.357 e. The second kappa shape index (κ2) is 9.36. The molecule has 1 fully saturated rings. The minimum absolute atomic E-state index is 0.544. The molecule has 2 N–H and O–H groups in total. The third-order valence-corrected chi connectivity index (χ3v) is 4.92. The molecule has 1 saturated carbocycles. The van der Waals surface area contributed by atoms with Crippen LogP contribution in [-0.4, -0.2) is 33.3 Å². The first-order valence-corrected chi connectivity index (χ1v) is 9.68. The zero-order chi connectivity index (χ0) is 18.2. The molecule has 1 aromatic carbocycles. The molecule has 0 aliphatic heterocycles. The van der Waals surface area contributed by atoms with Crippen LogP contribution in [0.25, 0.3) is 0 Å². The Morgan fingerprint density at radius 1 is 1.23 bits per heavy atom. The average molecular weight is 355 g/mol. The first-order chi connectivity index (χ1) is 12.7. The molecular weight excluding hydrogens is 324 g/mol. The molecule has 0 bridgehead atoms. The summed E-state index contributed by atoms with van der Waals surface area (Å²) >= 11 is 0. The molecule has 0 radical (unpaired) electrons. The summed E-state index contributed by atoms with van der Waals surface area (Å²) in [6.45, 7) is 6.74. The molecule has 1 aliphatic carbocycles. The smallest absolute Gasteiger partial charge is 0.191 e. The summed E-state index contributed by atoms with van der Waals surface area (Å²) in [7, 11) is 0. The number of hydrogen-bond donors (Lipinski definition) is 2. The van der Waals surface area contributed by atoms with Gasteiger partial charge in [0.2, 0.25) is 0 Å². The Morgan fingerprint density at radius 2 is 2.04 bits per heavy atom. The third kappa shape index (κ3) is 5.58. The van der Waals surface area contributed by atoms with Crippen molar-refractivity contribution in [2.75, 3.05) is 6.54 Å². The van der Waals surface area contributed by atoms with Gasteiger partial charge >= 0.3 is 0 Å². The summed E-state index contributed by atoms with van der Waals surface area (Å²) in [6, 6.07) is 9.06. The molecule has 140 valence electrons. The second-order valence-corrected chi connectivity index (χ2v) is 7.21. The van der Waals surface area contributed by atoms with E-state index in [4.69, 9.17) is 4.99 Å². The monoisotopic (exact) mass is 354 g/mol. The number of guanidine groups is 1. The lowest BCUT2D eigenvalue weighted by Crippen LogP contribution is -2.44. The number of nitrogens with zero attached hydrogens (tertiary/aromatic N) is 4. The molecule has 0 atom stereocenters. The van der Waals surface area contributed by atoms with Crippen molar-refractivity contribution >= 4 is 5.96 Å². The fraction of sp³-hybridized carbons (Fsp3) is 0.550. The fourth-order valence-electron chi connectivity index (χ4n) is 3.42. The van der Waals surface area contributed by atoms with E-state index in [1.165, 1.54) is 36.8 Å². The van der Waals surface area contributed by atoms with Gasteiger partial charge in [0.05, 0.1) is 13.1 Å². The van der Waals surface area contributed by atoms with Gasteiger partial charge in [-0.25, -0.2) is 14.7 Å². The molecule has 0 saturated heterocycles. The SMILES string of the molecule is CCNC(=NCc1cccc(Cn2cncn2)c1)NC1CCC(C)CC1. The Morgan fingerprint density at radius 3 is 2.77 bits per heavy atom. The van der Waals surface area contributed by atoms with E-state index in [1.54, 1.807) is 12.7 Å². The topological polar surface area (TPSA) is 67.1 Å². The lowest BCUT2D eigenvalue weighted by Gasteiger charge is -2.28. The van der Waals surface area contributed by atoms with Crippen molar-refractivity contribution in [3.63, 3.8) is 0 Å². The molecule has 26 heavy (non-hydrogen) atoms. The molecule has 0 unspecified atom stereocenters. The molecule has 6 nitrogen and oxygen atoms in total. The van der Waals surface area contributed by atoms with Crippen molar-refractivity contribution in [1.29, 1.82) is 0 Å². The Hall–Kier alpha value is -2.37. The van der Waals surface area contributed by atoms with Gasteiger partial charge in [0, 0.05) is 12.6 Å². The van der Waals surface area contributed by atoms with Crippen LogP contribution in [0.5, 0.6) is 0 Å². The van der Waals surface area contributed by atoms with Crippen LogP contribution in [0.15, 0.2) is 41.9 Å². The molecular formula is C20H30N6. The van der Waals surface area contributed by atoms with E-state index in [9.17, 15) is 0 Å². The average Bonchev–Trinajstić information content (AvgIpc) is 3.15. The predicted molar refractivity (Wildman–Crippen MR) is 105 cm³/mol. The number of benzene rings is 1. The van der Waals surface area contributed by atoms with Gasteiger partial charge < -0.3 is 10.6 Å². The van der Waals surface area contributed by atoms with Crippen molar-refractivity contribution in [2.24, 2.45) is 10.9 Å². The summed E-state index contributed by atoms with van der Waals surface area (Å²) in [4.78, 5) is 8.79. The normalized spacial score (nSPS) is 20.8. The highest BCUT2D eigenvalue weighted by Gasteiger charge is 2.18. The lowest BCUT2D eigenvalue weighted by atomic mass is 9.87. The van der Waals surface area contributed by atoms with Gasteiger partial charge in [0.15, 0.2) is 5.96 Å². The summed E-state index contributed by atoms with van der Waals surface area (Å²) in [5.74, 6) is 1.79. The zero-order valence-corrected chi connectivity index (χ0v) is 15.9. The van der Waals surface area contributed by atoms with Crippen LogP contribution in [0, 0.1) is 5.92 Å². The third-order valence-electron chi connectivity index (χ3n) is 4.92. The molecule has 6 heteroatoms. The molecule has 2 aromatic rings. The standard InChI is InChI=1S/C20H30N6/c1-3-22-20(25-19-9-7-16(2)8-10-19)23-12-17-5-4-6-18(11-17)13-26-15-21-14-24-26/h4-6,11,14-16,19H,3,7-10,12-13H2,1-2H3,(H2,22,23,25). The van der Waals surface area contributed by atoms with Crippen LogP contribution in [0.1, 0.15) is 50.7 Å². The number of hydrogen-bond acceptors (Lipinski definition) is 3. The van der Waals surface area contributed by atoms with E-state index in [2.05, 4.69) is 58.8 Å². The second-order valence-electron chi connectivity index (χ2n) is 7.21. The first-order valence-electron chi connectivity index (χ1n) is 9.68. The molecule has 1 aliphatic rings. The van der Waals surface area contributed by atoms with Crippen LogP contribution in [0.4, 0.5) is 0 Å². The minimum atomic E-state index is 0.544. The fourth-order valence-corrected chi connectivity index (χ4v) is 3.42. The molecule has 0 amide bonds. The Bertz CT molecular complexity index is 686. The summed E-state index contributed by atoms with van der Waals surface area (Å²) in [5.41, 5.74) is 2.42. The van der Waals surface area contributed by atoms with Gasteiger partial charge in [-0.2, -0.15) is 5.10 Å². The molecule has 0 spiro atoms. The van der Waals surface area contributed by atoms with E-state index >= 15 is 0 Å². The highest BCUT2D eigenvalue weighted by molar-refractivity contribution is 5.80. The van der Waals surface area contributed by atoms with Crippen LogP contribution in [0.3, 0.4) is 0 Å². The lowest BCUT2D eigenvalue weighted by molar-refractivity contribution is 0.329. The van der Waals surface area contributed by atoms with Gasteiger partial charge in [-0.3, -0.25) is 0 Å². The van der Waals surface area contributed by atoms with E-state index < -0.39 is 0 Å². The molecule has 3 rings (SSSR count). The van der Waals surface area contributed by atoms with Crippen LogP contribution in [-0.2, 0) is 13.1 Å². The van der Waals surface area contributed by atoms with E-state index in [0.29, 0.717) is 12.6 Å².